The summed E-state index contributed by atoms with van der Waals surface area (Å²) in [6.07, 6.45) is 0.409. The molecule has 0 unspecified atom stereocenters. The number of rotatable bonds is 0. The summed E-state index contributed by atoms with van der Waals surface area (Å²) in [5.41, 5.74) is 0. The van der Waals surface area contributed by atoms with Gasteiger partial charge in [0.2, 0.25) is 0 Å². The van der Waals surface area contributed by atoms with E-state index in [1.54, 1.807) is 6.92 Å². The molecule has 0 amide bonds. The van der Waals surface area contributed by atoms with E-state index in [-0.39, 0.29) is 0 Å². The summed E-state index contributed by atoms with van der Waals surface area (Å²) < 4.78 is 3.83. The Labute approximate surface area is 64.4 Å². The second kappa shape index (κ2) is 6.08. The Bertz CT molecular complexity index is 308. The SMILES string of the molecule is CC#CC#CC#COC(=O)O. The lowest BCUT2D eigenvalue weighted by atomic mass is 10.5. The Morgan fingerprint density at radius 2 is 1.91 bits per heavy atom. The predicted octanol–water partition coefficient (Wildman–Crippen LogP) is 0.669. The van der Waals surface area contributed by atoms with Gasteiger partial charge >= 0.3 is 6.16 Å². The molecule has 1 N–H and O–H groups in total. The molecule has 0 fully saturated rings. The maximum atomic E-state index is 9.69. The second-order valence-corrected chi connectivity index (χ2v) is 1.22. The minimum atomic E-state index is -1.44. The van der Waals surface area contributed by atoms with Gasteiger partial charge in [0.1, 0.15) is 6.11 Å². The molecule has 54 valence electrons. The molecule has 0 aliphatic carbocycles. The Morgan fingerprint density at radius 1 is 1.27 bits per heavy atom. The number of hydrogen-bond donors (Lipinski definition) is 1. The van der Waals surface area contributed by atoms with E-state index in [4.69, 9.17) is 5.11 Å². The number of hydrogen-bond acceptors (Lipinski definition) is 2. The molecule has 3 nitrogen and oxygen atoms in total. The lowest BCUT2D eigenvalue weighted by molar-refractivity contribution is 0.134. The molecule has 0 aliphatic rings. The van der Waals surface area contributed by atoms with E-state index in [2.05, 4.69) is 34.3 Å². The van der Waals surface area contributed by atoms with Crippen molar-refractivity contribution in [2.45, 2.75) is 6.92 Å². The zero-order valence-corrected chi connectivity index (χ0v) is 5.76. The number of carboxylic acid groups (broad SMARTS) is 1. The summed E-state index contributed by atoms with van der Waals surface area (Å²) >= 11 is 0. The van der Waals surface area contributed by atoms with Crippen LogP contribution in [0.4, 0.5) is 4.79 Å². The smallest absolute Gasteiger partial charge is 0.449 e. The monoisotopic (exact) mass is 148 g/mol. The molecule has 0 aromatic rings. The van der Waals surface area contributed by atoms with E-state index in [0.717, 1.165) is 0 Å². The van der Waals surface area contributed by atoms with Gasteiger partial charge < -0.3 is 9.84 Å². The lowest BCUT2D eigenvalue weighted by Gasteiger charge is -1.77. The molecular formula is C8H4O3. The maximum absolute atomic E-state index is 9.69. The Morgan fingerprint density at radius 3 is 2.45 bits per heavy atom. The van der Waals surface area contributed by atoms with Crippen LogP contribution in [0, 0.1) is 35.7 Å². The first-order chi connectivity index (χ1) is 5.27. The number of carbonyl (C=O) groups is 1. The van der Waals surface area contributed by atoms with Crippen molar-refractivity contribution in [2.75, 3.05) is 0 Å². The molecule has 0 saturated carbocycles. The van der Waals surface area contributed by atoms with Crippen LogP contribution >= 0.6 is 0 Å². The van der Waals surface area contributed by atoms with Gasteiger partial charge in [0, 0.05) is 11.8 Å². The van der Waals surface area contributed by atoms with Crippen molar-refractivity contribution in [2.24, 2.45) is 0 Å². The van der Waals surface area contributed by atoms with E-state index < -0.39 is 6.16 Å². The van der Waals surface area contributed by atoms with Gasteiger partial charge in [-0.2, -0.15) is 0 Å². The zero-order chi connectivity index (χ0) is 8.53. The highest BCUT2D eigenvalue weighted by atomic mass is 16.7. The molecule has 3 heteroatoms. The van der Waals surface area contributed by atoms with Crippen molar-refractivity contribution >= 4 is 6.16 Å². The minimum absolute atomic E-state index is 1.44. The quantitative estimate of drug-likeness (QED) is 0.405. The molecule has 0 saturated heterocycles. The number of ether oxygens (including phenoxy) is 1. The topological polar surface area (TPSA) is 46.5 Å². The van der Waals surface area contributed by atoms with Gasteiger partial charge in [-0.25, -0.2) is 4.79 Å². The second-order valence-electron chi connectivity index (χ2n) is 1.22. The van der Waals surface area contributed by atoms with Crippen molar-refractivity contribution in [1.82, 2.24) is 0 Å². The first-order valence-electron chi connectivity index (χ1n) is 2.59. The largest absolute Gasteiger partial charge is 0.520 e. The van der Waals surface area contributed by atoms with Crippen LogP contribution in [-0.4, -0.2) is 11.3 Å². The van der Waals surface area contributed by atoms with Crippen molar-refractivity contribution in [1.29, 1.82) is 0 Å². The molecule has 0 heterocycles. The fourth-order valence-corrected chi connectivity index (χ4v) is 0.220. The third-order valence-electron chi connectivity index (χ3n) is 0.502. The van der Waals surface area contributed by atoms with E-state index in [1.807, 2.05) is 6.11 Å². The molecule has 0 spiro atoms. The van der Waals surface area contributed by atoms with Gasteiger partial charge in [0.05, 0.1) is 0 Å². The van der Waals surface area contributed by atoms with Crippen LogP contribution in [0.2, 0.25) is 0 Å². The normalized spacial score (nSPS) is 5.18. The first kappa shape index (κ1) is 8.95. The van der Waals surface area contributed by atoms with Crippen LogP contribution in [-0.2, 0) is 4.74 Å². The van der Waals surface area contributed by atoms with Crippen LogP contribution in [0.15, 0.2) is 0 Å². The maximum Gasteiger partial charge on any atom is 0.520 e. The van der Waals surface area contributed by atoms with Crippen LogP contribution in [0.3, 0.4) is 0 Å². The molecule has 0 atom stereocenters. The summed E-state index contributed by atoms with van der Waals surface area (Å²) in [6, 6.07) is 0. The average Bonchev–Trinajstić information content (AvgIpc) is 1.96. The molecule has 0 aromatic heterocycles. The highest BCUT2D eigenvalue weighted by Gasteiger charge is 1.86. The fourth-order valence-electron chi connectivity index (χ4n) is 0.220. The highest BCUT2D eigenvalue weighted by molar-refractivity contribution is 5.58. The van der Waals surface area contributed by atoms with Gasteiger partial charge in [-0.15, -0.1) is 0 Å². The van der Waals surface area contributed by atoms with Crippen molar-refractivity contribution in [3.05, 3.63) is 0 Å². The van der Waals surface area contributed by atoms with E-state index >= 15 is 0 Å². The predicted molar refractivity (Wildman–Crippen MR) is 38.1 cm³/mol. The standard InChI is InChI=1S/C8H4O3/c1-2-3-4-5-6-7-11-8(9)10/h1H3,(H,9,10). The molecule has 11 heavy (non-hydrogen) atoms. The van der Waals surface area contributed by atoms with Crippen LogP contribution in [0.5, 0.6) is 0 Å². The van der Waals surface area contributed by atoms with Gasteiger partial charge in [-0.3, -0.25) is 0 Å². The van der Waals surface area contributed by atoms with E-state index in [9.17, 15) is 4.79 Å². The highest BCUT2D eigenvalue weighted by Crippen LogP contribution is 1.68. The van der Waals surface area contributed by atoms with Crippen molar-refractivity contribution in [3.8, 4) is 35.7 Å². The summed E-state index contributed by atoms with van der Waals surface area (Å²) in [5.74, 6) is 11.7. The van der Waals surface area contributed by atoms with Crippen LogP contribution < -0.4 is 0 Å². The van der Waals surface area contributed by atoms with Gasteiger partial charge in [-0.1, -0.05) is 5.92 Å². The lowest BCUT2D eigenvalue weighted by Crippen LogP contribution is -1.91. The van der Waals surface area contributed by atoms with E-state index in [1.165, 1.54) is 0 Å². The third-order valence-corrected chi connectivity index (χ3v) is 0.502. The van der Waals surface area contributed by atoms with Gasteiger partial charge in [0.15, 0.2) is 0 Å². The van der Waals surface area contributed by atoms with Gasteiger partial charge in [0.25, 0.3) is 0 Å². The molecule has 0 bridgehead atoms. The van der Waals surface area contributed by atoms with Crippen molar-refractivity contribution < 1.29 is 14.6 Å². The zero-order valence-electron chi connectivity index (χ0n) is 5.76. The summed E-state index contributed by atoms with van der Waals surface area (Å²) in [4.78, 5) is 9.69. The van der Waals surface area contributed by atoms with E-state index in [0.29, 0.717) is 0 Å². The Balaban J connectivity index is 3.81. The van der Waals surface area contributed by atoms with Crippen LogP contribution in [0.25, 0.3) is 0 Å². The Kier molecular flexibility index (Phi) is 4.94. The van der Waals surface area contributed by atoms with Crippen molar-refractivity contribution in [3.63, 3.8) is 0 Å². The van der Waals surface area contributed by atoms with Gasteiger partial charge in [-0.05, 0) is 18.8 Å². The summed E-state index contributed by atoms with van der Waals surface area (Å²) in [6.45, 7) is 1.63. The average molecular weight is 148 g/mol. The molecular weight excluding hydrogens is 144 g/mol. The molecule has 0 aromatic carbocycles. The minimum Gasteiger partial charge on any atom is -0.449 e. The Hall–Kier alpha value is -2.05. The summed E-state index contributed by atoms with van der Waals surface area (Å²) in [7, 11) is 0. The molecule has 0 radical (unpaired) electrons. The summed E-state index contributed by atoms with van der Waals surface area (Å²) in [5, 5.41) is 7.92. The first-order valence-corrected chi connectivity index (χ1v) is 2.59. The van der Waals surface area contributed by atoms with Crippen LogP contribution in [0.1, 0.15) is 6.92 Å². The molecule has 0 aliphatic heterocycles. The fraction of sp³-hybridized carbons (Fsp3) is 0.125. The molecule has 0 rings (SSSR count). The third kappa shape index (κ3) is 7.95.